The quantitative estimate of drug-likeness (QED) is 0.150. The van der Waals surface area contributed by atoms with E-state index in [1.54, 1.807) is 0 Å². The molecule has 0 saturated carbocycles. The molecule has 0 aliphatic rings. The van der Waals surface area contributed by atoms with Crippen molar-refractivity contribution in [3.05, 3.63) is 243 Å². The van der Waals surface area contributed by atoms with E-state index in [1.165, 1.54) is 54.9 Å². The van der Waals surface area contributed by atoms with Crippen molar-refractivity contribution >= 4 is 49.6 Å². The second-order valence-electron chi connectivity index (χ2n) is 15.3. The lowest BCUT2D eigenvalue weighted by Crippen LogP contribution is -2.13. The first-order valence-corrected chi connectivity index (χ1v) is 20.6. The SMILES string of the molecule is c1ccc(-c2cc(-c3cccc4ccccc34)ccc2N(c2ccc3c4ccccc4n(-c4ccccc4)c3c2)c2cccc(-c3ccccc3)c2-c2ccccc2)cc1. The molecule has 0 N–H and O–H groups in total. The first kappa shape index (κ1) is 35.2. The van der Waals surface area contributed by atoms with Crippen LogP contribution in [-0.2, 0) is 0 Å². The average molecular weight is 765 g/mol. The fourth-order valence-corrected chi connectivity index (χ4v) is 9.08. The summed E-state index contributed by atoms with van der Waals surface area (Å²) in [5, 5.41) is 4.92. The zero-order valence-corrected chi connectivity index (χ0v) is 33.0. The second-order valence-corrected chi connectivity index (χ2v) is 15.3. The molecule has 10 aromatic carbocycles. The topological polar surface area (TPSA) is 8.17 Å². The van der Waals surface area contributed by atoms with Gasteiger partial charge in [0.05, 0.1) is 22.4 Å². The molecule has 0 aliphatic heterocycles. The molecular formula is C58H40N2. The third kappa shape index (κ3) is 6.14. The van der Waals surface area contributed by atoms with Crippen LogP contribution in [0.3, 0.4) is 0 Å². The highest BCUT2D eigenvalue weighted by molar-refractivity contribution is 6.11. The molecule has 60 heavy (non-hydrogen) atoms. The van der Waals surface area contributed by atoms with Gasteiger partial charge in [0, 0.05) is 33.3 Å². The maximum absolute atomic E-state index is 2.50. The first-order valence-electron chi connectivity index (χ1n) is 20.6. The highest BCUT2D eigenvalue weighted by atomic mass is 15.2. The van der Waals surface area contributed by atoms with Gasteiger partial charge in [0.2, 0.25) is 0 Å². The lowest BCUT2D eigenvalue weighted by molar-refractivity contribution is 1.18. The number of para-hydroxylation sites is 2. The van der Waals surface area contributed by atoms with Gasteiger partial charge >= 0.3 is 0 Å². The molecule has 0 atom stereocenters. The predicted octanol–water partition coefficient (Wildman–Crippen LogP) is 16.1. The van der Waals surface area contributed by atoms with Gasteiger partial charge in [0.25, 0.3) is 0 Å². The maximum Gasteiger partial charge on any atom is 0.0561 e. The summed E-state index contributed by atoms with van der Waals surface area (Å²) in [6.45, 7) is 0. The molecule has 0 saturated heterocycles. The van der Waals surface area contributed by atoms with Crippen LogP contribution >= 0.6 is 0 Å². The molecule has 2 heteroatoms. The Morgan fingerprint density at radius 3 is 1.62 bits per heavy atom. The van der Waals surface area contributed by atoms with Crippen molar-refractivity contribution in [1.29, 1.82) is 0 Å². The molecule has 0 amide bonds. The number of hydrogen-bond acceptors (Lipinski definition) is 1. The lowest BCUT2D eigenvalue weighted by atomic mass is 9.90. The number of anilines is 3. The Labute approximate surface area is 350 Å². The molecule has 0 fully saturated rings. The Kier molecular flexibility index (Phi) is 8.87. The highest BCUT2D eigenvalue weighted by Crippen LogP contribution is 2.49. The van der Waals surface area contributed by atoms with Crippen LogP contribution in [0.2, 0.25) is 0 Å². The van der Waals surface area contributed by atoms with E-state index in [2.05, 4.69) is 252 Å². The minimum atomic E-state index is 1.07. The summed E-state index contributed by atoms with van der Waals surface area (Å²) in [5.41, 5.74) is 16.1. The van der Waals surface area contributed by atoms with Gasteiger partial charge in [0.15, 0.2) is 0 Å². The van der Waals surface area contributed by atoms with E-state index >= 15 is 0 Å². The van der Waals surface area contributed by atoms with Crippen molar-refractivity contribution in [1.82, 2.24) is 4.57 Å². The van der Waals surface area contributed by atoms with Gasteiger partial charge in [0.1, 0.15) is 0 Å². The summed E-state index contributed by atoms with van der Waals surface area (Å²) in [6.07, 6.45) is 0. The van der Waals surface area contributed by atoms with Gasteiger partial charge in [-0.25, -0.2) is 0 Å². The molecular weight excluding hydrogens is 725 g/mol. The summed E-state index contributed by atoms with van der Waals surface area (Å²) >= 11 is 0. The van der Waals surface area contributed by atoms with Gasteiger partial charge < -0.3 is 9.47 Å². The normalized spacial score (nSPS) is 11.3. The molecule has 0 bridgehead atoms. The van der Waals surface area contributed by atoms with E-state index in [0.29, 0.717) is 0 Å². The summed E-state index contributed by atoms with van der Waals surface area (Å²) in [7, 11) is 0. The van der Waals surface area contributed by atoms with Crippen LogP contribution in [0.15, 0.2) is 243 Å². The fraction of sp³-hybridized carbons (Fsp3) is 0. The third-order valence-electron chi connectivity index (χ3n) is 11.8. The summed E-state index contributed by atoms with van der Waals surface area (Å²) in [6, 6.07) is 88.1. The van der Waals surface area contributed by atoms with E-state index in [0.717, 1.165) is 45.0 Å². The van der Waals surface area contributed by atoms with Crippen LogP contribution in [0.1, 0.15) is 0 Å². The highest BCUT2D eigenvalue weighted by Gasteiger charge is 2.25. The molecule has 0 aliphatic carbocycles. The van der Waals surface area contributed by atoms with Gasteiger partial charge in [-0.15, -0.1) is 0 Å². The minimum absolute atomic E-state index is 1.07. The first-order chi connectivity index (χ1) is 29.8. The molecule has 282 valence electrons. The number of nitrogens with zero attached hydrogens (tertiary/aromatic N) is 2. The third-order valence-corrected chi connectivity index (χ3v) is 11.8. The predicted molar refractivity (Wildman–Crippen MR) is 255 cm³/mol. The Morgan fingerprint density at radius 1 is 0.300 bits per heavy atom. The molecule has 1 heterocycles. The van der Waals surface area contributed by atoms with Crippen molar-refractivity contribution in [3.63, 3.8) is 0 Å². The van der Waals surface area contributed by atoms with Crippen molar-refractivity contribution in [2.75, 3.05) is 4.90 Å². The van der Waals surface area contributed by atoms with Gasteiger partial charge in [-0.1, -0.05) is 194 Å². The average Bonchev–Trinajstić information content (AvgIpc) is 3.66. The molecule has 11 aromatic rings. The number of benzene rings is 10. The van der Waals surface area contributed by atoms with E-state index in [9.17, 15) is 0 Å². The smallest absolute Gasteiger partial charge is 0.0561 e. The minimum Gasteiger partial charge on any atom is -0.309 e. The molecule has 2 nitrogen and oxygen atoms in total. The largest absolute Gasteiger partial charge is 0.309 e. The van der Waals surface area contributed by atoms with Crippen molar-refractivity contribution < 1.29 is 0 Å². The van der Waals surface area contributed by atoms with Crippen LogP contribution in [0.25, 0.3) is 82.8 Å². The van der Waals surface area contributed by atoms with Crippen molar-refractivity contribution in [2.24, 2.45) is 0 Å². The maximum atomic E-state index is 2.50. The van der Waals surface area contributed by atoms with Gasteiger partial charge in [-0.3, -0.25) is 0 Å². The fourth-order valence-electron chi connectivity index (χ4n) is 9.08. The van der Waals surface area contributed by atoms with Crippen LogP contribution < -0.4 is 4.90 Å². The van der Waals surface area contributed by atoms with Crippen LogP contribution in [-0.4, -0.2) is 4.57 Å². The Hall–Kier alpha value is -7.94. The molecule has 0 spiro atoms. The number of aromatic nitrogens is 1. The Balaban J connectivity index is 1.24. The molecule has 0 unspecified atom stereocenters. The van der Waals surface area contributed by atoms with Crippen LogP contribution in [0, 0.1) is 0 Å². The number of fused-ring (bicyclic) bond motifs is 4. The summed E-state index contributed by atoms with van der Waals surface area (Å²) in [4.78, 5) is 2.50. The van der Waals surface area contributed by atoms with Gasteiger partial charge in [-0.2, -0.15) is 0 Å². The second kappa shape index (κ2) is 15.1. The Morgan fingerprint density at radius 2 is 0.867 bits per heavy atom. The number of rotatable bonds is 8. The molecule has 1 aromatic heterocycles. The van der Waals surface area contributed by atoms with Crippen LogP contribution in [0.4, 0.5) is 17.1 Å². The van der Waals surface area contributed by atoms with E-state index in [-0.39, 0.29) is 0 Å². The standard InChI is InChI=1S/C58H40N2/c1-5-19-42(20-6-1)50-32-18-34-56(58(50)44-24-9-3-10-25-44)60(47-36-37-52-51-30-15-16-33-54(51)59(57(52)40-47)46-27-11-4-12-28-46)55-38-35-45(39-53(55)43-21-7-2-8-22-43)49-31-17-26-41-23-13-14-29-48(41)49/h1-40H. The zero-order valence-electron chi connectivity index (χ0n) is 33.0. The van der Waals surface area contributed by atoms with E-state index in [1.807, 2.05) is 0 Å². The Bertz CT molecular complexity index is 3290. The molecule has 0 radical (unpaired) electrons. The lowest BCUT2D eigenvalue weighted by Gasteiger charge is -2.31. The zero-order chi connectivity index (χ0) is 39.8. The van der Waals surface area contributed by atoms with Gasteiger partial charge in [-0.05, 0) is 92.7 Å². The monoisotopic (exact) mass is 764 g/mol. The molecule has 11 rings (SSSR count). The van der Waals surface area contributed by atoms with Crippen molar-refractivity contribution in [2.45, 2.75) is 0 Å². The van der Waals surface area contributed by atoms with E-state index < -0.39 is 0 Å². The summed E-state index contributed by atoms with van der Waals surface area (Å²) in [5.74, 6) is 0. The van der Waals surface area contributed by atoms with Crippen LogP contribution in [0.5, 0.6) is 0 Å². The van der Waals surface area contributed by atoms with Crippen molar-refractivity contribution in [3.8, 4) is 50.2 Å². The van der Waals surface area contributed by atoms with E-state index in [4.69, 9.17) is 0 Å². The summed E-state index contributed by atoms with van der Waals surface area (Å²) < 4.78 is 2.41. The number of hydrogen-bond donors (Lipinski definition) is 0.